The maximum Gasteiger partial charge on any atom is 0.231 e. The van der Waals surface area contributed by atoms with Gasteiger partial charge in [-0.25, -0.2) is 0 Å². The number of hydrogen-bond donors (Lipinski definition) is 0. The second kappa shape index (κ2) is 7.81. The van der Waals surface area contributed by atoms with Gasteiger partial charge in [-0.1, -0.05) is 55.8 Å². The van der Waals surface area contributed by atoms with Crippen LogP contribution in [0.2, 0.25) is 0 Å². The molecule has 1 aliphatic heterocycles. The number of aryl methyl sites for hydroxylation is 1. The molecule has 5 nitrogen and oxygen atoms in total. The van der Waals surface area contributed by atoms with E-state index < -0.39 is 0 Å². The van der Waals surface area contributed by atoms with E-state index >= 15 is 0 Å². The fourth-order valence-corrected chi connectivity index (χ4v) is 3.67. The van der Waals surface area contributed by atoms with Crippen LogP contribution < -0.4 is 0 Å². The maximum atomic E-state index is 13.3. The van der Waals surface area contributed by atoms with E-state index in [0.29, 0.717) is 24.2 Å². The van der Waals surface area contributed by atoms with Crippen LogP contribution in [0.4, 0.5) is 0 Å². The van der Waals surface area contributed by atoms with E-state index in [0.717, 1.165) is 31.4 Å². The highest BCUT2D eigenvalue weighted by Crippen LogP contribution is 2.32. The number of aromatic nitrogens is 2. The second-order valence-corrected chi connectivity index (χ2v) is 7.08. The molecule has 0 bridgehead atoms. The van der Waals surface area contributed by atoms with Crippen LogP contribution in [0.5, 0.6) is 0 Å². The Bertz CT molecular complexity index is 698. The average Bonchev–Trinajstić information content (AvgIpc) is 3.09. The third kappa shape index (κ3) is 3.91. The lowest BCUT2D eigenvalue weighted by atomic mass is 9.83. The SMILES string of the molecule is CCC(C)C(C(=O)N1CCCC(c2nc(C)no2)C1)c1ccccc1. The van der Waals surface area contributed by atoms with E-state index in [-0.39, 0.29) is 17.7 Å². The molecule has 1 aromatic carbocycles. The van der Waals surface area contributed by atoms with Crippen LogP contribution in [0.1, 0.15) is 62.2 Å². The van der Waals surface area contributed by atoms with Crippen molar-refractivity contribution in [3.8, 4) is 0 Å². The van der Waals surface area contributed by atoms with Gasteiger partial charge in [0.15, 0.2) is 5.82 Å². The summed E-state index contributed by atoms with van der Waals surface area (Å²) >= 11 is 0. The summed E-state index contributed by atoms with van der Waals surface area (Å²) in [4.78, 5) is 19.7. The predicted molar refractivity (Wildman–Crippen MR) is 96.2 cm³/mol. The van der Waals surface area contributed by atoms with Crippen molar-refractivity contribution in [3.63, 3.8) is 0 Å². The van der Waals surface area contributed by atoms with Gasteiger partial charge in [-0.15, -0.1) is 0 Å². The van der Waals surface area contributed by atoms with Gasteiger partial charge < -0.3 is 9.42 Å². The summed E-state index contributed by atoms with van der Waals surface area (Å²) in [7, 11) is 0. The van der Waals surface area contributed by atoms with Gasteiger partial charge in [-0.05, 0) is 31.2 Å². The number of carbonyl (C=O) groups is 1. The molecule has 3 atom stereocenters. The van der Waals surface area contributed by atoms with E-state index in [4.69, 9.17) is 4.52 Å². The highest BCUT2D eigenvalue weighted by atomic mass is 16.5. The Balaban J connectivity index is 1.79. The number of likely N-dealkylation sites (tertiary alicyclic amines) is 1. The summed E-state index contributed by atoms with van der Waals surface area (Å²) in [5.74, 6) is 1.90. The Hall–Kier alpha value is -2.17. The van der Waals surface area contributed by atoms with E-state index in [1.165, 1.54) is 0 Å². The van der Waals surface area contributed by atoms with Gasteiger partial charge in [0, 0.05) is 13.1 Å². The molecule has 3 unspecified atom stereocenters. The molecule has 2 heterocycles. The molecule has 1 saturated heterocycles. The van der Waals surface area contributed by atoms with Crippen molar-refractivity contribution in [2.75, 3.05) is 13.1 Å². The highest BCUT2D eigenvalue weighted by Gasteiger charge is 2.34. The predicted octanol–water partition coefficient (Wildman–Crippen LogP) is 3.91. The molecule has 1 aromatic heterocycles. The van der Waals surface area contributed by atoms with Gasteiger partial charge in [0.05, 0.1) is 11.8 Å². The molecule has 1 aliphatic rings. The molecule has 1 amide bonds. The highest BCUT2D eigenvalue weighted by molar-refractivity contribution is 5.84. The van der Waals surface area contributed by atoms with E-state index in [9.17, 15) is 4.79 Å². The van der Waals surface area contributed by atoms with Crippen LogP contribution >= 0.6 is 0 Å². The van der Waals surface area contributed by atoms with Crippen molar-refractivity contribution in [2.45, 2.75) is 51.9 Å². The zero-order valence-electron chi connectivity index (χ0n) is 15.3. The summed E-state index contributed by atoms with van der Waals surface area (Å²) in [6, 6.07) is 10.2. The minimum atomic E-state index is -0.0885. The van der Waals surface area contributed by atoms with Crippen LogP contribution in [-0.4, -0.2) is 34.0 Å². The molecular formula is C20H27N3O2. The lowest BCUT2D eigenvalue weighted by molar-refractivity contribution is -0.135. The summed E-state index contributed by atoms with van der Waals surface area (Å²) in [6.45, 7) is 7.61. The van der Waals surface area contributed by atoms with Gasteiger partial charge in [0.25, 0.3) is 0 Å². The molecule has 0 saturated carbocycles. The van der Waals surface area contributed by atoms with Crippen molar-refractivity contribution in [2.24, 2.45) is 5.92 Å². The van der Waals surface area contributed by atoms with Crippen LogP contribution in [0.15, 0.2) is 34.9 Å². The van der Waals surface area contributed by atoms with Crippen LogP contribution in [0, 0.1) is 12.8 Å². The quantitative estimate of drug-likeness (QED) is 0.827. The second-order valence-electron chi connectivity index (χ2n) is 7.08. The molecule has 0 spiro atoms. The lowest BCUT2D eigenvalue weighted by Gasteiger charge is -2.35. The third-order valence-corrected chi connectivity index (χ3v) is 5.26. The topological polar surface area (TPSA) is 59.2 Å². The molecule has 0 radical (unpaired) electrons. The van der Waals surface area contributed by atoms with Crippen LogP contribution in [0.3, 0.4) is 0 Å². The smallest absolute Gasteiger partial charge is 0.231 e. The first-order valence-corrected chi connectivity index (χ1v) is 9.24. The molecule has 3 rings (SSSR count). The molecule has 0 N–H and O–H groups in total. The lowest BCUT2D eigenvalue weighted by Crippen LogP contribution is -2.43. The van der Waals surface area contributed by atoms with Crippen LogP contribution in [0.25, 0.3) is 0 Å². The first kappa shape index (κ1) is 17.6. The summed E-state index contributed by atoms with van der Waals surface area (Å²) < 4.78 is 5.35. The number of benzene rings is 1. The number of piperidine rings is 1. The Morgan fingerprint density at radius 1 is 1.36 bits per heavy atom. The fourth-order valence-electron chi connectivity index (χ4n) is 3.67. The largest absolute Gasteiger partial charge is 0.341 e. The number of rotatable bonds is 5. The van der Waals surface area contributed by atoms with Crippen molar-refractivity contribution in [3.05, 3.63) is 47.6 Å². The number of amides is 1. The van der Waals surface area contributed by atoms with Gasteiger partial charge in [-0.2, -0.15) is 4.98 Å². The molecule has 2 aromatic rings. The van der Waals surface area contributed by atoms with Crippen molar-refractivity contribution in [1.82, 2.24) is 15.0 Å². The summed E-state index contributed by atoms with van der Waals surface area (Å²) in [6.07, 6.45) is 2.94. The zero-order valence-corrected chi connectivity index (χ0v) is 15.3. The molecule has 0 aliphatic carbocycles. The number of carbonyl (C=O) groups excluding carboxylic acids is 1. The zero-order chi connectivity index (χ0) is 17.8. The Labute approximate surface area is 149 Å². The number of hydrogen-bond acceptors (Lipinski definition) is 4. The first-order chi connectivity index (χ1) is 12.1. The van der Waals surface area contributed by atoms with Gasteiger partial charge >= 0.3 is 0 Å². The maximum absolute atomic E-state index is 13.3. The van der Waals surface area contributed by atoms with Gasteiger partial charge in [0.1, 0.15) is 0 Å². The minimum Gasteiger partial charge on any atom is -0.341 e. The Morgan fingerprint density at radius 2 is 2.12 bits per heavy atom. The standard InChI is InChI=1S/C20H27N3O2/c1-4-14(2)18(16-9-6-5-7-10-16)20(24)23-12-8-11-17(13-23)19-21-15(3)22-25-19/h5-7,9-10,14,17-18H,4,8,11-13H2,1-3H3. The fraction of sp³-hybridized carbons (Fsp3) is 0.550. The molecule has 134 valence electrons. The Morgan fingerprint density at radius 3 is 2.76 bits per heavy atom. The average molecular weight is 341 g/mol. The molecule has 5 heteroatoms. The number of nitrogens with zero attached hydrogens (tertiary/aromatic N) is 3. The third-order valence-electron chi connectivity index (χ3n) is 5.26. The first-order valence-electron chi connectivity index (χ1n) is 9.24. The Kier molecular flexibility index (Phi) is 5.51. The van der Waals surface area contributed by atoms with Gasteiger partial charge in [-0.3, -0.25) is 4.79 Å². The summed E-state index contributed by atoms with van der Waals surface area (Å²) in [5, 5.41) is 3.90. The normalized spacial score (nSPS) is 20.3. The van der Waals surface area contributed by atoms with E-state index in [1.807, 2.05) is 30.0 Å². The van der Waals surface area contributed by atoms with E-state index in [1.54, 1.807) is 0 Å². The molecule has 1 fully saturated rings. The minimum absolute atomic E-state index is 0.0885. The van der Waals surface area contributed by atoms with Crippen molar-refractivity contribution < 1.29 is 9.32 Å². The van der Waals surface area contributed by atoms with Crippen molar-refractivity contribution >= 4 is 5.91 Å². The monoisotopic (exact) mass is 341 g/mol. The van der Waals surface area contributed by atoms with Gasteiger partial charge in [0.2, 0.25) is 11.8 Å². The van der Waals surface area contributed by atoms with Crippen LogP contribution in [-0.2, 0) is 4.79 Å². The van der Waals surface area contributed by atoms with E-state index in [2.05, 4.69) is 36.1 Å². The molecular weight excluding hydrogens is 314 g/mol. The molecule has 25 heavy (non-hydrogen) atoms. The van der Waals surface area contributed by atoms with Crippen molar-refractivity contribution in [1.29, 1.82) is 0 Å². The summed E-state index contributed by atoms with van der Waals surface area (Å²) in [5.41, 5.74) is 1.11.